The molecule has 1 atom stereocenters. The molecule has 0 fully saturated rings. The number of nitrogens with two attached hydrogens (primary N) is 1. The van der Waals surface area contributed by atoms with Gasteiger partial charge in [0, 0.05) is 0 Å². The molecule has 4 heteroatoms. The van der Waals surface area contributed by atoms with E-state index < -0.39 is 12.1 Å². The summed E-state index contributed by atoms with van der Waals surface area (Å²) in [5, 5.41) is 12.3. The predicted octanol–water partition coefficient (Wildman–Crippen LogP) is 2.98. The van der Waals surface area contributed by atoms with Gasteiger partial charge in [-0.25, -0.2) is 4.79 Å². The number of carbonyl (C=O) groups is 1. The fourth-order valence-corrected chi connectivity index (χ4v) is 1.98. The Balaban J connectivity index is 2.41. The Morgan fingerprint density at radius 3 is 2.50 bits per heavy atom. The van der Waals surface area contributed by atoms with Crippen LogP contribution in [-0.4, -0.2) is 16.3 Å². The van der Waals surface area contributed by atoms with Crippen LogP contribution in [0.5, 0.6) is 0 Å². The lowest BCUT2D eigenvalue weighted by atomic mass is 10.0. The summed E-state index contributed by atoms with van der Waals surface area (Å²) in [4.78, 5) is 10.9. The van der Waals surface area contributed by atoms with Gasteiger partial charge in [-0.2, -0.15) is 5.06 Å². The van der Waals surface area contributed by atoms with Crippen LogP contribution in [0.15, 0.2) is 36.4 Å². The number of hydroxylamine groups is 2. The van der Waals surface area contributed by atoms with Gasteiger partial charge in [0.05, 0.1) is 6.04 Å². The molecule has 94 valence electrons. The summed E-state index contributed by atoms with van der Waals surface area (Å²) >= 11 is 0. The number of hydrogen-bond donors (Lipinski definition) is 2. The van der Waals surface area contributed by atoms with E-state index in [0.717, 1.165) is 16.3 Å². The van der Waals surface area contributed by atoms with Gasteiger partial charge in [0.15, 0.2) is 0 Å². The molecule has 2 aromatic carbocycles. The average Bonchev–Trinajstić information content (AvgIpc) is 2.36. The van der Waals surface area contributed by atoms with Crippen molar-refractivity contribution >= 4 is 16.8 Å². The monoisotopic (exact) mass is 244 g/mol. The zero-order valence-electron chi connectivity index (χ0n) is 10.4. The van der Waals surface area contributed by atoms with Crippen LogP contribution in [0.25, 0.3) is 10.8 Å². The molecule has 0 aliphatic rings. The van der Waals surface area contributed by atoms with Crippen molar-refractivity contribution in [1.29, 1.82) is 0 Å². The molecule has 4 nitrogen and oxygen atoms in total. The summed E-state index contributed by atoms with van der Waals surface area (Å²) in [7, 11) is 0. The molecule has 2 rings (SSSR count). The maximum absolute atomic E-state index is 10.9. The predicted molar refractivity (Wildman–Crippen MR) is 70.3 cm³/mol. The minimum Gasteiger partial charge on any atom is -0.350 e. The third kappa shape index (κ3) is 2.28. The van der Waals surface area contributed by atoms with Crippen molar-refractivity contribution in [2.24, 2.45) is 5.73 Å². The molecular weight excluding hydrogens is 228 g/mol. The number of nitrogens with zero attached hydrogens (tertiary/aromatic N) is 1. The standard InChI is InChI=1S/C14H16N2O2/c1-9-3-4-13-8-11(5-6-12(13)7-9)10(2)16(18)14(15)17/h3-8,10,18H,1-2H3,(H2,15,17)/t10-/m0/s1. The van der Waals surface area contributed by atoms with E-state index in [1.165, 1.54) is 5.56 Å². The first kappa shape index (κ1) is 12.4. The van der Waals surface area contributed by atoms with Crippen molar-refractivity contribution in [1.82, 2.24) is 5.06 Å². The molecule has 0 bridgehead atoms. The molecule has 3 N–H and O–H groups in total. The van der Waals surface area contributed by atoms with Crippen LogP contribution in [0.3, 0.4) is 0 Å². The Labute approximate surface area is 106 Å². The Kier molecular flexibility index (Phi) is 3.21. The van der Waals surface area contributed by atoms with Crippen LogP contribution in [0.1, 0.15) is 24.1 Å². The number of fused-ring (bicyclic) bond motifs is 1. The quantitative estimate of drug-likeness (QED) is 0.630. The van der Waals surface area contributed by atoms with Gasteiger partial charge in [0.2, 0.25) is 0 Å². The molecule has 0 aliphatic carbocycles. The summed E-state index contributed by atoms with van der Waals surface area (Å²) in [6.07, 6.45) is 0. The van der Waals surface area contributed by atoms with Gasteiger partial charge in [-0.3, -0.25) is 5.21 Å². The second-order valence-corrected chi connectivity index (χ2v) is 4.47. The first-order valence-electron chi connectivity index (χ1n) is 5.77. The van der Waals surface area contributed by atoms with Crippen molar-refractivity contribution in [3.63, 3.8) is 0 Å². The minimum atomic E-state index is -0.855. The number of urea groups is 1. The molecule has 0 aliphatic heterocycles. The first-order valence-corrected chi connectivity index (χ1v) is 5.77. The number of rotatable bonds is 2. The highest BCUT2D eigenvalue weighted by Crippen LogP contribution is 2.24. The van der Waals surface area contributed by atoms with Gasteiger partial charge in [0.1, 0.15) is 0 Å². The second kappa shape index (κ2) is 4.66. The van der Waals surface area contributed by atoms with E-state index in [2.05, 4.69) is 6.07 Å². The normalized spacial score (nSPS) is 12.4. The third-order valence-corrected chi connectivity index (χ3v) is 3.09. The molecule has 2 amide bonds. The third-order valence-electron chi connectivity index (χ3n) is 3.09. The smallest absolute Gasteiger partial charge is 0.339 e. The number of primary amides is 1. The highest BCUT2D eigenvalue weighted by molar-refractivity contribution is 5.84. The average molecular weight is 244 g/mol. The van der Waals surface area contributed by atoms with E-state index in [4.69, 9.17) is 5.73 Å². The highest BCUT2D eigenvalue weighted by Gasteiger charge is 2.17. The lowest BCUT2D eigenvalue weighted by molar-refractivity contribution is -0.0709. The van der Waals surface area contributed by atoms with Crippen molar-refractivity contribution < 1.29 is 10.0 Å². The van der Waals surface area contributed by atoms with E-state index >= 15 is 0 Å². The summed E-state index contributed by atoms with van der Waals surface area (Å²) in [5.41, 5.74) is 7.08. The van der Waals surface area contributed by atoms with E-state index in [0.29, 0.717) is 5.06 Å². The molecule has 0 unspecified atom stereocenters. The minimum absolute atomic E-state index is 0.465. The van der Waals surface area contributed by atoms with E-state index in [1.807, 2.05) is 37.3 Å². The summed E-state index contributed by atoms with van der Waals surface area (Å²) < 4.78 is 0. The van der Waals surface area contributed by atoms with Crippen molar-refractivity contribution in [3.8, 4) is 0 Å². The molecule has 0 radical (unpaired) electrons. The van der Waals surface area contributed by atoms with Crippen LogP contribution in [0, 0.1) is 6.92 Å². The zero-order valence-corrected chi connectivity index (χ0v) is 10.4. The Hall–Kier alpha value is -2.07. The molecule has 2 aromatic rings. The molecule has 0 spiro atoms. The molecule has 18 heavy (non-hydrogen) atoms. The Bertz CT molecular complexity index is 595. The van der Waals surface area contributed by atoms with Gasteiger partial charge in [0.25, 0.3) is 0 Å². The van der Waals surface area contributed by atoms with Crippen LogP contribution >= 0.6 is 0 Å². The number of carbonyl (C=O) groups excluding carboxylic acids is 1. The van der Waals surface area contributed by atoms with Crippen molar-refractivity contribution in [3.05, 3.63) is 47.5 Å². The SMILES string of the molecule is Cc1ccc2cc([C@H](C)N(O)C(N)=O)ccc2c1. The number of benzene rings is 2. The molecule has 0 saturated heterocycles. The second-order valence-electron chi connectivity index (χ2n) is 4.47. The van der Waals surface area contributed by atoms with Gasteiger partial charge >= 0.3 is 6.03 Å². The highest BCUT2D eigenvalue weighted by atomic mass is 16.5. The summed E-state index contributed by atoms with van der Waals surface area (Å²) in [6, 6.07) is 10.6. The van der Waals surface area contributed by atoms with Crippen molar-refractivity contribution in [2.75, 3.05) is 0 Å². The topological polar surface area (TPSA) is 66.6 Å². The van der Waals surface area contributed by atoms with Gasteiger partial charge in [-0.15, -0.1) is 0 Å². The maximum atomic E-state index is 10.9. The Morgan fingerprint density at radius 2 is 1.83 bits per heavy atom. The largest absolute Gasteiger partial charge is 0.350 e. The van der Waals surface area contributed by atoms with Crippen LogP contribution in [0.4, 0.5) is 4.79 Å². The molecular formula is C14H16N2O2. The molecule has 0 heterocycles. The lowest BCUT2D eigenvalue weighted by Crippen LogP contribution is -2.34. The first-order chi connectivity index (χ1) is 8.49. The zero-order chi connectivity index (χ0) is 13.3. The fourth-order valence-electron chi connectivity index (χ4n) is 1.98. The van der Waals surface area contributed by atoms with Crippen molar-refractivity contribution in [2.45, 2.75) is 19.9 Å². The van der Waals surface area contributed by atoms with E-state index in [1.54, 1.807) is 6.92 Å². The summed E-state index contributed by atoms with van der Waals surface area (Å²) in [5.74, 6) is 0. The van der Waals surface area contributed by atoms with E-state index in [-0.39, 0.29) is 0 Å². The van der Waals surface area contributed by atoms with Gasteiger partial charge < -0.3 is 5.73 Å². The number of amides is 2. The van der Waals surface area contributed by atoms with E-state index in [9.17, 15) is 10.0 Å². The van der Waals surface area contributed by atoms with Gasteiger partial charge in [-0.05, 0) is 36.2 Å². The van der Waals surface area contributed by atoms with Crippen LogP contribution < -0.4 is 5.73 Å². The lowest BCUT2D eigenvalue weighted by Gasteiger charge is -2.21. The fraction of sp³-hybridized carbons (Fsp3) is 0.214. The Morgan fingerprint density at radius 1 is 1.22 bits per heavy atom. The molecule has 0 saturated carbocycles. The van der Waals surface area contributed by atoms with Gasteiger partial charge in [-0.1, -0.05) is 35.9 Å². The van der Waals surface area contributed by atoms with Crippen LogP contribution in [-0.2, 0) is 0 Å². The maximum Gasteiger partial charge on any atom is 0.339 e. The molecule has 0 aromatic heterocycles. The summed E-state index contributed by atoms with van der Waals surface area (Å²) in [6.45, 7) is 3.76. The number of hydrogen-bond acceptors (Lipinski definition) is 2. The number of aryl methyl sites for hydroxylation is 1. The van der Waals surface area contributed by atoms with Crippen LogP contribution in [0.2, 0.25) is 0 Å².